The Bertz CT molecular complexity index is 883. The molecule has 1 heterocycles. The summed E-state index contributed by atoms with van der Waals surface area (Å²) in [6, 6.07) is 13.9. The molecule has 2 fully saturated rings. The number of ether oxygens (including phenoxy) is 2. The molecule has 1 saturated heterocycles. The van der Waals surface area contributed by atoms with E-state index in [2.05, 4.69) is 17.4 Å². The van der Waals surface area contributed by atoms with Crippen LogP contribution in [0.2, 0.25) is 5.02 Å². The molecule has 4 rings (SSSR count). The van der Waals surface area contributed by atoms with Crippen molar-refractivity contribution in [2.75, 3.05) is 27.3 Å². The molecule has 0 aromatic heterocycles. The molecule has 160 valence electrons. The Balaban J connectivity index is 1.47. The predicted molar refractivity (Wildman–Crippen MR) is 118 cm³/mol. The normalized spacial score (nSPS) is 19.6. The first kappa shape index (κ1) is 21.0. The Morgan fingerprint density at radius 2 is 1.90 bits per heavy atom. The highest BCUT2D eigenvalue weighted by atomic mass is 35.5. The van der Waals surface area contributed by atoms with Gasteiger partial charge in [0.15, 0.2) is 0 Å². The van der Waals surface area contributed by atoms with Crippen molar-refractivity contribution in [1.29, 1.82) is 0 Å². The topological polar surface area (TPSA) is 50.8 Å². The van der Waals surface area contributed by atoms with Gasteiger partial charge < -0.3 is 19.7 Å². The lowest BCUT2D eigenvalue weighted by Gasteiger charge is -2.28. The zero-order valence-electron chi connectivity index (χ0n) is 17.6. The molecule has 1 N–H and O–H groups in total. The van der Waals surface area contributed by atoms with Crippen LogP contribution in [0.5, 0.6) is 11.5 Å². The average molecular weight is 429 g/mol. The Morgan fingerprint density at radius 1 is 1.13 bits per heavy atom. The summed E-state index contributed by atoms with van der Waals surface area (Å²) in [5.74, 6) is 2.29. The molecule has 0 bridgehead atoms. The molecule has 2 atom stereocenters. The average Bonchev–Trinajstić information content (AvgIpc) is 3.49. The van der Waals surface area contributed by atoms with Gasteiger partial charge in [0, 0.05) is 23.2 Å². The molecule has 1 aliphatic heterocycles. The monoisotopic (exact) mass is 428 g/mol. The third-order valence-electron chi connectivity index (χ3n) is 6.16. The smallest absolute Gasteiger partial charge is 0.237 e. The summed E-state index contributed by atoms with van der Waals surface area (Å²) >= 11 is 6.05. The summed E-state index contributed by atoms with van der Waals surface area (Å²) in [6.07, 6.45) is 4.31. The van der Waals surface area contributed by atoms with Crippen LogP contribution in [0.3, 0.4) is 0 Å². The van der Waals surface area contributed by atoms with Crippen molar-refractivity contribution in [3.63, 3.8) is 0 Å². The second-order valence-electron chi connectivity index (χ2n) is 8.10. The van der Waals surface area contributed by atoms with Crippen LogP contribution in [-0.4, -0.2) is 38.1 Å². The largest absolute Gasteiger partial charge is 0.497 e. The standard InChI is InChI=1S/C24H29ClN2O3/c1-29-19-11-12-22(30-2)20(14-19)21-4-3-13-27(21)23(28)15-26-24(16-5-6-16)17-7-9-18(25)10-8-17/h7-12,14,16,21,24,26H,3-6,13,15H2,1-2H3. The third-order valence-corrected chi connectivity index (χ3v) is 6.42. The molecule has 0 radical (unpaired) electrons. The lowest BCUT2D eigenvalue weighted by molar-refractivity contribution is -0.131. The first-order chi connectivity index (χ1) is 14.6. The van der Waals surface area contributed by atoms with E-state index in [1.165, 1.54) is 18.4 Å². The number of hydrogen-bond donors (Lipinski definition) is 1. The highest BCUT2D eigenvalue weighted by Gasteiger charge is 2.35. The highest BCUT2D eigenvalue weighted by molar-refractivity contribution is 6.30. The summed E-state index contributed by atoms with van der Waals surface area (Å²) < 4.78 is 11.0. The Morgan fingerprint density at radius 3 is 2.57 bits per heavy atom. The summed E-state index contributed by atoms with van der Waals surface area (Å²) in [5.41, 5.74) is 2.21. The molecule has 2 unspecified atom stereocenters. The van der Waals surface area contributed by atoms with Gasteiger partial charge in [0.25, 0.3) is 0 Å². The van der Waals surface area contributed by atoms with Crippen LogP contribution in [0.25, 0.3) is 0 Å². The molecule has 0 spiro atoms. The summed E-state index contributed by atoms with van der Waals surface area (Å²) in [6.45, 7) is 1.09. The number of nitrogens with one attached hydrogen (secondary N) is 1. The Labute approximate surface area is 183 Å². The second kappa shape index (κ2) is 9.27. The summed E-state index contributed by atoms with van der Waals surface area (Å²) in [5, 5.41) is 4.26. The van der Waals surface area contributed by atoms with Gasteiger partial charge >= 0.3 is 0 Å². The molecule has 1 amide bonds. The molecule has 1 aliphatic carbocycles. The molecule has 2 aromatic carbocycles. The minimum Gasteiger partial charge on any atom is -0.497 e. The van der Waals surface area contributed by atoms with Crippen LogP contribution in [0.15, 0.2) is 42.5 Å². The van der Waals surface area contributed by atoms with E-state index in [0.29, 0.717) is 12.5 Å². The van der Waals surface area contributed by atoms with E-state index < -0.39 is 0 Å². The number of methoxy groups -OCH3 is 2. The highest BCUT2D eigenvalue weighted by Crippen LogP contribution is 2.42. The van der Waals surface area contributed by atoms with E-state index in [0.717, 1.165) is 41.5 Å². The molecule has 1 saturated carbocycles. The van der Waals surface area contributed by atoms with E-state index in [1.807, 2.05) is 35.2 Å². The fourth-order valence-corrected chi connectivity index (χ4v) is 4.57. The zero-order valence-corrected chi connectivity index (χ0v) is 18.3. The van der Waals surface area contributed by atoms with Gasteiger partial charge in [0.2, 0.25) is 5.91 Å². The maximum absolute atomic E-state index is 13.2. The van der Waals surface area contributed by atoms with Crippen LogP contribution >= 0.6 is 11.6 Å². The van der Waals surface area contributed by atoms with Gasteiger partial charge in [-0.1, -0.05) is 23.7 Å². The number of benzene rings is 2. The molecular formula is C24H29ClN2O3. The maximum Gasteiger partial charge on any atom is 0.237 e. The van der Waals surface area contributed by atoms with Crippen molar-refractivity contribution in [1.82, 2.24) is 10.2 Å². The number of carbonyl (C=O) groups is 1. The van der Waals surface area contributed by atoms with Crippen LogP contribution in [0.4, 0.5) is 0 Å². The number of nitrogens with zero attached hydrogens (tertiary/aromatic N) is 1. The molecule has 6 heteroatoms. The SMILES string of the molecule is COc1ccc(OC)c(C2CCCN2C(=O)CNC(c2ccc(Cl)cc2)C2CC2)c1. The van der Waals surface area contributed by atoms with E-state index in [4.69, 9.17) is 21.1 Å². The molecule has 2 aliphatic rings. The number of hydrogen-bond acceptors (Lipinski definition) is 4. The van der Waals surface area contributed by atoms with Gasteiger partial charge in [-0.25, -0.2) is 0 Å². The third kappa shape index (κ3) is 4.57. The van der Waals surface area contributed by atoms with Gasteiger partial charge in [-0.05, 0) is 67.5 Å². The second-order valence-corrected chi connectivity index (χ2v) is 8.54. The van der Waals surface area contributed by atoms with Crippen LogP contribution < -0.4 is 14.8 Å². The first-order valence-corrected chi connectivity index (χ1v) is 11.0. The number of halogens is 1. The predicted octanol–water partition coefficient (Wildman–Crippen LogP) is 4.76. The zero-order chi connectivity index (χ0) is 21.1. The van der Waals surface area contributed by atoms with Crippen molar-refractivity contribution >= 4 is 17.5 Å². The fourth-order valence-electron chi connectivity index (χ4n) is 4.44. The lowest BCUT2D eigenvalue weighted by atomic mass is 10.0. The number of amides is 1. The van der Waals surface area contributed by atoms with Gasteiger partial charge in [-0.15, -0.1) is 0 Å². The molecule has 30 heavy (non-hydrogen) atoms. The van der Waals surface area contributed by atoms with E-state index in [9.17, 15) is 4.79 Å². The maximum atomic E-state index is 13.2. The number of likely N-dealkylation sites (tertiary alicyclic amines) is 1. The van der Waals surface area contributed by atoms with Gasteiger partial charge in [0.1, 0.15) is 11.5 Å². The Hall–Kier alpha value is -2.24. The molecular weight excluding hydrogens is 400 g/mol. The number of carbonyl (C=O) groups excluding carboxylic acids is 1. The van der Waals surface area contributed by atoms with E-state index >= 15 is 0 Å². The van der Waals surface area contributed by atoms with Crippen LogP contribution in [-0.2, 0) is 4.79 Å². The van der Waals surface area contributed by atoms with Gasteiger partial charge in [-0.3, -0.25) is 4.79 Å². The lowest BCUT2D eigenvalue weighted by Crippen LogP contribution is -2.39. The van der Waals surface area contributed by atoms with E-state index in [1.54, 1.807) is 14.2 Å². The minimum absolute atomic E-state index is 0.0132. The quantitative estimate of drug-likeness (QED) is 0.658. The molecule has 2 aromatic rings. The van der Waals surface area contributed by atoms with Crippen LogP contribution in [0.1, 0.15) is 48.9 Å². The van der Waals surface area contributed by atoms with Crippen LogP contribution in [0, 0.1) is 5.92 Å². The van der Waals surface area contributed by atoms with Gasteiger partial charge in [-0.2, -0.15) is 0 Å². The van der Waals surface area contributed by atoms with Crippen molar-refractivity contribution in [2.24, 2.45) is 5.92 Å². The first-order valence-electron chi connectivity index (χ1n) is 10.6. The van der Waals surface area contributed by atoms with E-state index in [-0.39, 0.29) is 18.0 Å². The van der Waals surface area contributed by atoms with Crippen molar-refractivity contribution in [3.05, 3.63) is 58.6 Å². The summed E-state index contributed by atoms with van der Waals surface area (Å²) in [7, 11) is 3.32. The minimum atomic E-state index is 0.0132. The summed E-state index contributed by atoms with van der Waals surface area (Å²) in [4.78, 5) is 15.2. The Kier molecular flexibility index (Phi) is 6.49. The van der Waals surface area contributed by atoms with Crippen molar-refractivity contribution < 1.29 is 14.3 Å². The van der Waals surface area contributed by atoms with Crippen molar-refractivity contribution in [3.8, 4) is 11.5 Å². The van der Waals surface area contributed by atoms with Gasteiger partial charge in [0.05, 0.1) is 26.8 Å². The number of rotatable bonds is 8. The fraction of sp³-hybridized carbons (Fsp3) is 0.458. The molecule has 5 nitrogen and oxygen atoms in total. The van der Waals surface area contributed by atoms with Crippen molar-refractivity contribution in [2.45, 2.75) is 37.8 Å².